The molecule has 102 valence electrons. The molecule has 0 saturated heterocycles. The number of aliphatic hydroxyl groups excluding tert-OH is 1. The average molecular weight is 254 g/mol. The van der Waals surface area contributed by atoms with Gasteiger partial charge in [0.05, 0.1) is 25.9 Å². The van der Waals surface area contributed by atoms with E-state index in [9.17, 15) is 5.11 Å². The molecule has 1 aromatic rings. The first kappa shape index (κ1) is 15.0. The minimum atomic E-state index is -0.473. The molecule has 1 unspecified atom stereocenters. The van der Waals surface area contributed by atoms with Crippen LogP contribution in [0.2, 0.25) is 0 Å². The molecule has 2 N–H and O–H groups in total. The Bertz CT molecular complexity index is 296. The summed E-state index contributed by atoms with van der Waals surface area (Å²) in [7, 11) is 1.63. The molecule has 0 radical (unpaired) electrons. The van der Waals surface area contributed by atoms with Crippen LogP contribution in [0.5, 0.6) is 0 Å². The van der Waals surface area contributed by atoms with Crippen molar-refractivity contribution in [2.24, 2.45) is 0 Å². The van der Waals surface area contributed by atoms with Gasteiger partial charge in [0, 0.05) is 26.0 Å². The lowest BCUT2D eigenvalue weighted by Crippen LogP contribution is -2.32. The molecule has 5 nitrogen and oxygen atoms in total. The fourth-order valence-corrected chi connectivity index (χ4v) is 1.47. The minimum Gasteiger partial charge on any atom is -0.389 e. The molecule has 18 heavy (non-hydrogen) atoms. The lowest BCUT2D eigenvalue weighted by molar-refractivity contribution is 0.0139. The van der Waals surface area contributed by atoms with Crippen LogP contribution in [0, 0.1) is 0 Å². The Kier molecular flexibility index (Phi) is 8.33. The zero-order valence-corrected chi connectivity index (χ0v) is 10.8. The van der Waals surface area contributed by atoms with Gasteiger partial charge in [-0.15, -0.1) is 0 Å². The van der Waals surface area contributed by atoms with Gasteiger partial charge >= 0.3 is 0 Å². The molecule has 0 fully saturated rings. The first-order chi connectivity index (χ1) is 8.83. The summed E-state index contributed by atoms with van der Waals surface area (Å²) >= 11 is 0. The zero-order valence-electron chi connectivity index (χ0n) is 10.8. The molecule has 1 rings (SSSR count). The number of hydrogen-bond acceptors (Lipinski definition) is 5. The van der Waals surface area contributed by atoms with Crippen molar-refractivity contribution in [1.29, 1.82) is 0 Å². The first-order valence-electron chi connectivity index (χ1n) is 6.17. The monoisotopic (exact) mass is 254 g/mol. The summed E-state index contributed by atoms with van der Waals surface area (Å²) in [6.07, 6.45) is 4.03. The summed E-state index contributed by atoms with van der Waals surface area (Å²) in [6.45, 7) is 2.79. The van der Waals surface area contributed by atoms with Gasteiger partial charge in [-0.05, 0) is 30.7 Å². The number of ether oxygens (including phenoxy) is 2. The number of rotatable bonds is 10. The minimum absolute atomic E-state index is 0.339. The van der Waals surface area contributed by atoms with E-state index < -0.39 is 6.10 Å². The van der Waals surface area contributed by atoms with Crippen LogP contribution in [0.4, 0.5) is 0 Å². The van der Waals surface area contributed by atoms with E-state index in [0.29, 0.717) is 26.4 Å². The van der Waals surface area contributed by atoms with E-state index in [0.717, 1.165) is 13.0 Å². The quantitative estimate of drug-likeness (QED) is 0.586. The van der Waals surface area contributed by atoms with Gasteiger partial charge in [0.1, 0.15) is 0 Å². The van der Waals surface area contributed by atoms with Crippen molar-refractivity contribution in [3.05, 3.63) is 30.1 Å². The lowest BCUT2D eigenvalue weighted by Gasteiger charge is -2.12. The predicted octanol–water partition coefficient (Wildman–Crippen LogP) is 0.238. The van der Waals surface area contributed by atoms with Crippen LogP contribution in [0.15, 0.2) is 24.5 Å². The fourth-order valence-electron chi connectivity index (χ4n) is 1.47. The highest BCUT2D eigenvalue weighted by Gasteiger charge is 2.03. The van der Waals surface area contributed by atoms with Crippen LogP contribution >= 0.6 is 0 Å². The van der Waals surface area contributed by atoms with Crippen molar-refractivity contribution in [1.82, 2.24) is 10.3 Å². The number of methoxy groups -OCH3 is 1. The van der Waals surface area contributed by atoms with E-state index >= 15 is 0 Å². The van der Waals surface area contributed by atoms with Gasteiger partial charge in [0.25, 0.3) is 0 Å². The average Bonchev–Trinajstić information content (AvgIpc) is 2.41. The number of aromatic nitrogens is 1. The number of nitrogens with zero attached hydrogens (tertiary/aromatic N) is 1. The second-order valence-electron chi connectivity index (χ2n) is 4.03. The highest BCUT2D eigenvalue weighted by atomic mass is 16.5. The Hall–Kier alpha value is -1.01. The van der Waals surface area contributed by atoms with Crippen LogP contribution in [0.25, 0.3) is 0 Å². The fraction of sp³-hybridized carbons (Fsp3) is 0.615. The molecular formula is C13H22N2O3. The van der Waals surface area contributed by atoms with Crippen molar-refractivity contribution in [3.63, 3.8) is 0 Å². The van der Waals surface area contributed by atoms with Gasteiger partial charge in [0.15, 0.2) is 0 Å². The Morgan fingerprint density at radius 2 is 2.11 bits per heavy atom. The normalized spacial score (nSPS) is 12.6. The summed E-state index contributed by atoms with van der Waals surface area (Å²) in [6, 6.07) is 3.98. The highest BCUT2D eigenvalue weighted by molar-refractivity contribution is 5.09. The molecule has 0 aliphatic carbocycles. The highest BCUT2D eigenvalue weighted by Crippen LogP contribution is 1.95. The van der Waals surface area contributed by atoms with Gasteiger partial charge in [-0.25, -0.2) is 0 Å². The molecule has 1 atom stereocenters. The maximum absolute atomic E-state index is 9.61. The van der Waals surface area contributed by atoms with Gasteiger partial charge in [-0.3, -0.25) is 4.98 Å². The molecule has 0 aromatic carbocycles. The van der Waals surface area contributed by atoms with Crippen molar-refractivity contribution in [2.45, 2.75) is 12.5 Å². The third kappa shape index (κ3) is 7.34. The van der Waals surface area contributed by atoms with Crippen LogP contribution in [-0.4, -0.2) is 56.2 Å². The molecular weight excluding hydrogens is 232 g/mol. The first-order valence-corrected chi connectivity index (χ1v) is 6.17. The Labute approximate surface area is 108 Å². The molecule has 0 amide bonds. The Balaban J connectivity index is 1.97. The standard InChI is InChI=1S/C13H22N2O3/c1-17-8-9-18-11-13(16)10-15-7-4-12-2-5-14-6-3-12/h2-3,5-6,13,15-16H,4,7-11H2,1H3. The Morgan fingerprint density at radius 1 is 1.33 bits per heavy atom. The second-order valence-corrected chi connectivity index (χ2v) is 4.03. The van der Waals surface area contributed by atoms with Crippen molar-refractivity contribution >= 4 is 0 Å². The van der Waals surface area contributed by atoms with Gasteiger partial charge in [-0.1, -0.05) is 0 Å². The molecule has 5 heteroatoms. The van der Waals surface area contributed by atoms with E-state index in [2.05, 4.69) is 10.3 Å². The molecule has 0 saturated carbocycles. The van der Waals surface area contributed by atoms with Crippen LogP contribution in [0.1, 0.15) is 5.56 Å². The van der Waals surface area contributed by atoms with E-state index in [-0.39, 0.29) is 0 Å². The van der Waals surface area contributed by atoms with Crippen molar-refractivity contribution in [2.75, 3.05) is 40.0 Å². The van der Waals surface area contributed by atoms with Crippen LogP contribution in [0.3, 0.4) is 0 Å². The van der Waals surface area contributed by atoms with E-state index in [1.807, 2.05) is 12.1 Å². The Morgan fingerprint density at radius 3 is 2.83 bits per heavy atom. The van der Waals surface area contributed by atoms with Gasteiger partial charge in [-0.2, -0.15) is 0 Å². The molecule has 0 bridgehead atoms. The van der Waals surface area contributed by atoms with Gasteiger partial charge < -0.3 is 19.9 Å². The number of nitrogens with one attached hydrogen (secondary N) is 1. The number of pyridine rings is 1. The van der Waals surface area contributed by atoms with Crippen molar-refractivity contribution < 1.29 is 14.6 Å². The molecule has 0 aliphatic rings. The maximum Gasteiger partial charge on any atom is 0.0897 e. The molecule has 1 heterocycles. The lowest BCUT2D eigenvalue weighted by atomic mass is 10.2. The molecule has 1 aromatic heterocycles. The zero-order chi connectivity index (χ0) is 13.1. The summed E-state index contributed by atoms with van der Waals surface area (Å²) in [5.74, 6) is 0. The number of hydrogen-bond donors (Lipinski definition) is 2. The van der Waals surface area contributed by atoms with Crippen LogP contribution in [-0.2, 0) is 15.9 Å². The van der Waals surface area contributed by atoms with E-state index in [1.54, 1.807) is 19.5 Å². The summed E-state index contributed by atoms with van der Waals surface area (Å²) in [5.41, 5.74) is 1.24. The van der Waals surface area contributed by atoms with Crippen molar-refractivity contribution in [3.8, 4) is 0 Å². The predicted molar refractivity (Wildman–Crippen MR) is 69.5 cm³/mol. The van der Waals surface area contributed by atoms with Crippen LogP contribution < -0.4 is 5.32 Å². The SMILES string of the molecule is COCCOCC(O)CNCCc1ccncc1. The third-order valence-corrected chi connectivity index (χ3v) is 2.46. The number of aliphatic hydroxyl groups is 1. The second kappa shape index (κ2) is 9.96. The topological polar surface area (TPSA) is 63.6 Å². The molecule has 0 aliphatic heterocycles. The van der Waals surface area contributed by atoms with Gasteiger partial charge in [0.2, 0.25) is 0 Å². The smallest absolute Gasteiger partial charge is 0.0897 e. The summed E-state index contributed by atoms with van der Waals surface area (Å²) in [4.78, 5) is 3.96. The third-order valence-electron chi connectivity index (χ3n) is 2.46. The summed E-state index contributed by atoms with van der Waals surface area (Å²) in [5, 5.41) is 12.8. The maximum atomic E-state index is 9.61. The van der Waals surface area contributed by atoms with E-state index in [1.165, 1.54) is 5.56 Å². The molecule has 0 spiro atoms. The largest absolute Gasteiger partial charge is 0.389 e. The summed E-state index contributed by atoms with van der Waals surface area (Å²) < 4.78 is 10.1. The van der Waals surface area contributed by atoms with E-state index in [4.69, 9.17) is 9.47 Å².